The zero-order valence-corrected chi connectivity index (χ0v) is 27.9. The van der Waals surface area contributed by atoms with E-state index in [0.717, 1.165) is 18.7 Å². The lowest BCUT2D eigenvalue weighted by atomic mass is 9.74. The number of hydrogen-bond acceptors (Lipinski definition) is 9. The number of aliphatic hydroxyl groups is 1. The van der Waals surface area contributed by atoms with Crippen molar-refractivity contribution in [2.75, 3.05) is 59.2 Å². The molecule has 0 saturated carbocycles. The number of likely N-dealkylation sites (tertiary alicyclic amines) is 1. The van der Waals surface area contributed by atoms with E-state index < -0.39 is 53.5 Å². The van der Waals surface area contributed by atoms with Gasteiger partial charge in [0.15, 0.2) is 0 Å². The Hall–Kier alpha value is -3.58. The van der Waals surface area contributed by atoms with Crippen molar-refractivity contribution in [2.24, 2.45) is 17.8 Å². The summed E-state index contributed by atoms with van der Waals surface area (Å²) < 4.78 is 17.8. The van der Waals surface area contributed by atoms with Gasteiger partial charge in [-0.2, -0.15) is 0 Å². The minimum Gasteiger partial charge on any atom is -0.463 e. The Morgan fingerprint density at radius 1 is 1.04 bits per heavy atom. The van der Waals surface area contributed by atoms with Gasteiger partial charge in [0.2, 0.25) is 17.7 Å². The first-order valence-electron chi connectivity index (χ1n) is 17.3. The molecule has 1 spiro atoms. The van der Waals surface area contributed by atoms with Crippen LogP contribution in [0.1, 0.15) is 44.7 Å². The van der Waals surface area contributed by atoms with Crippen LogP contribution in [-0.2, 0) is 33.4 Å². The number of nitrogens with one attached hydrogen (secondary N) is 1. The molecule has 1 aromatic carbocycles. The molecule has 0 radical (unpaired) electrons. The van der Waals surface area contributed by atoms with Crippen molar-refractivity contribution in [3.63, 3.8) is 0 Å². The lowest BCUT2D eigenvalue weighted by Crippen LogP contribution is -2.60. The molecule has 3 fully saturated rings. The predicted octanol–water partition coefficient (Wildman–Crippen LogP) is 1.46. The zero-order chi connectivity index (χ0) is 33.8. The first-order chi connectivity index (χ1) is 23.3. The molecule has 0 aromatic heterocycles. The molecule has 5 heterocycles. The van der Waals surface area contributed by atoms with Crippen LogP contribution in [0.3, 0.4) is 0 Å². The number of morpholine rings is 1. The van der Waals surface area contributed by atoms with Gasteiger partial charge in [0, 0.05) is 39.1 Å². The number of allylic oxidation sites excluding steroid dienone is 1. The number of cyclic esters (lactones) is 1. The standard InChI is InChI=1S/C36H48N4O8/c1-3-24(2)27(22-41)40-32-35(45)39(17-16-38-18-20-46-21-19-38)15-9-5-8-12-29(42)47-23-26(25-10-6-4-7-11-25)37-33(43)30-28-13-14-36(32,48-28)31(30)34(40)44/h4-7,9-11,13-14,24,26-28,30-32,41H,3,8,12,15-23H2,1-2H3,(H,37,43)/b9-5-/t24-,26-,27-,28-,30+,31+,32-,36+/m0/s1. The normalized spacial score (nSPS) is 33.4. The number of aliphatic hydroxyl groups excluding tert-OH is 1. The SMILES string of the molecule is CC[C@H](C)[C@H](CO)N1C(=O)[C@H]2[C@@H]3C(=O)N[C@H](c4ccccc4)COC(=O)CC/C=C\CN(CCN4CCOCC4)C(=O)[C@H]1[C@@]21C=C[C@@H]3O1. The molecule has 8 atom stereocenters. The average molecular weight is 665 g/mol. The second-order valence-corrected chi connectivity index (χ2v) is 13.5. The molecule has 0 aliphatic carbocycles. The Labute approximate surface area is 282 Å². The van der Waals surface area contributed by atoms with Crippen LogP contribution in [0, 0.1) is 17.8 Å². The summed E-state index contributed by atoms with van der Waals surface area (Å²) in [6.07, 6.45) is 7.87. The van der Waals surface area contributed by atoms with Crippen LogP contribution in [-0.4, -0.2) is 126 Å². The summed E-state index contributed by atoms with van der Waals surface area (Å²) in [6.45, 7) is 7.60. The summed E-state index contributed by atoms with van der Waals surface area (Å²) in [5, 5.41) is 13.8. The summed E-state index contributed by atoms with van der Waals surface area (Å²) in [4.78, 5) is 62.1. The maximum atomic E-state index is 14.9. The van der Waals surface area contributed by atoms with E-state index in [-0.39, 0.29) is 43.9 Å². The van der Waals surface area contributed by atoms with Gasteiger partial charge < -0.3 is 34.4 Å². The molecule has 5 aliphatic rings. The predicted molar refractivity (Wildman–Crippen MR) is 175 cm³/mol. The van der Waals surface area contributed by atoms with Gasteiger partial charge in [0.25, 0.3) is 0 Å². The molecule has 0 unspecified atom stereocenters. The van der Waals surface area contributed by atoms with Gasteiger partial charge in [-0.3, -0.25) is 24.1 Å². The minimum absolute atomic E-state index is 0.0701. The van der Waals surface area contributed by atoms with Gasteiger partial charge in [-0.05, 0) is 17.9 Å². The van der Waals surface area contributed by atoms with Gasteiger partial charge in [-0.15, -0.1) is 0 Å². The number of benzene rings is 1. The van der Waals surface area contributed by atoms with Crippen LogP contribution in [0.5, 0.6) is 0 Å². The Morgan fingerprint density at radius 3 is 2.54 bits per heavy atom. The number of ether oxygens (including phenoxy) is 3. The van der Waals surface area contributed by atoms with Crippen LogP contribution in [0.25, 0.3) is 0 Å². The van der Waals surface area contributed by atoms with E-state index in [0.29, 0.717) is 39.1 Å². The third kappa shape index (κ3) is 6.55. The zero-order valence-electron chi connectivity index (χ0n) is 27.9. The molecule has 1 aromatic rings. The fourth-order valence-corrected chi connectivity index (χ4v) is 7.85. The first kappa shape index (κ1) is 34.3. The smallest absolute Gasteiger partial charge is 0.306 e. The van der Waals surface area contributed by atoms with E-state index in [2.05, 4.69) is 10.2 Å². The second-order valence-electron chi connectivity index (χ2n) is 13.5. The van der Waals surface area contributed by atoms with Crippen LogP contribution in [0.2, 0.25) is 0 Å². The highest BCUT2D eigenvalue weighted by Crippen LogP contribution is 2.56. The highest BCUT2D eigenvalue weighted by molar-refractivity contribution is 6.00. The Kier molecular flexibility index (Phi) is 10.6. The maximum absolute atomic E-state index is 14.9. The summed E-state index contributed by atoms with van der Waals surface area (Å²) in [5.41, 5.74) is -0.614. The monoisotopic (exact) mass is 664 g/mol. The highest BCUT2D eigenvalue weighted by Gasteiger charge is 2.74. The average Bonchev–Trinajstić information content (AvgIpc) is 3.75. The van der Waals surface area contributed by atoms with E-state index in [9.17, 15) is 24.3 Å². The number of carbonyl (C=O) groups excluding carboxylic acids is 4. The van der Waals surface area contributed by atoms with Gasteiger partial charge in [-0.1, -0.05) is 74.9 Å². The Bertz CT molecular complexity index is 1400. The third-order valence-electron chi connectivity index (χ3n) is 10.7. The van der Waals surface area contributed by atoms with Gasteiger partial charge >= 0.3 is 5.97 Å². The Morgan fingerprint density at radius 2 is 1.81 bits per heavy atom. The summed E-state index contributed by atoms with van der Waals surface area (Å²) in [6, 6.07) is 6.89. The van der Waals surface area contributed by atoms with Crippen molar-refractivity contribution in [3.05, 3.63) is 60.2 Å². The van der Waals surface area contributed by atoms with Crippen LogP contribution < -0.4 is 5.32 Å². The molecule has 2 N–H and O–H groups in total. The molecule has 48 heavy (non-hydrogen) atoms. The number of rotatable bonds is 8. The number of hydrogen-bond donors (Lipinski definition) is 2. The van der Waals surface area contributed by atoms with Crippen LogP contribution >= 0.6 is 0 Å². The fourth-order valence-electron chi connectivity index (χ4n) is 7.85. The van der Waals surface area contributed by atoms with Crippen LogP contribution in [0.4, 0.5) is 0 Å². The van der Waals surface area contributed by atoms with E-state index >= 15 is 0 Å². The number of carbonyl (C=O) groups is 4. The van der Waals surface area contributed by atoms with E-state index in [4.69, 9.17) is 14.2 Å². The van der Waals surface area contributed by atoms with Crippen molar-refractivity contribution in [2.45, 2.75) is 62.9 Å². The van der Waals surface area contributed by atoms with Crippen molar-refractivity contribution >= 4 is 23.7 Å². The van der Waals surface area contributed by atoms with Gasteiger partial charge in [-0.25, -0.2) is 0 Å². The van der Waals surface area contributed by atoms with Crippen molar-refractivity contribution in [1.82, 2.24) is 20.0 Å². The summed E-state index contributed by atoms with van der Waals surface area (Å²) in [5.74, 6) is -3.47. The van der Waals surface area contributed by atoms with Crippen molar-refractivity contribution < 1.29 is 38.5 Å². The van der Waals surface area contributed by atoms with Crippen LogP contribution in [0.15, 0.2) is 54.6 Å². The summed E-state index contributed by atoms with van der Waals surface area (Å²) >= 11 is 0. The lowest BCUT2D eigenvalue weighted by molar-refractivity contribution is -0.152. The molecular formula is C36H48N4O8. The quantitative estimate of drug-likeness (QED) is 0.313. The van der Waals surface area contributed by atoms with Crippen molar-refractivity contribution in [1.29, 1.82) is 0 Å². The summed E-state index contributed by atoms with van der Waals surface area (Å²) in [7, 11) is 0. The molecule has 260 valence electrons. The molecule has 5 aliphatic heterocycles. The molecular weight excluding hydrogens is 616 g/mol. The maximum Gasteiger partial charge on any atom is 0.306 e. The van der Waals surface area contributed by atoms with Gasteiger partial charge in [0.1, 0.15) is 18.2 Å². The molecule has 12 nitrogen and oxygen atoms in total. The van der Waals surface area contributed by atoms with Crippen molar-refractivity contribution in [3.8, 4) is 0 Å². The largest absolute Gasteiger partial charge is 0.463 e. The van der Waals surface area contributed by atoms with Gasteiger partial charge in [0.05, 0.1) is 49.8 Å². The number of amides is 3. The molecule has 3 saturated heterocycles. The number of fused-ring (bicyclic) bond motifs is 2. The number of esters is 1. The van der Waals surface area contributed by atoms with E-state index in [1.165, 1.54) is 0 Å². The highest BCUT2D eigenvalue weighted by atomic mass is 16.5. The third-order valence-corrected chi connectivity index (χ3v) is 10.7. The second kappa shape index (κ2) is 14.9. The fraction of sp³-hybridized carbons (Fsp3) is 0.611. The first-order valence-corrected chi connectivity index (χ1v) is 17.3. The molecule has 3 amide bonds. The topological polar surface area (TPSA) is 138 Å². The number of nitrogens with zero attached hydrogens (tertiary/aromatic N) is 3. The molecule has 6 rings (SSSR count). The molecule has 12 heteroatoms. The molecule has 5 bridgehead atoms. The Balaban J connectivity index is 1.39. The lowest BCUT2D eigenvalue weighted by Gasteiger charge is -2.41. The minimum atomic E-state index is -1.37. The van der Waals surface area contributed by atoms with E-state index in [1.807, 2.05) is 56.3 Å². The van der Waals surface area contributed by atoms with E-state index in [1.54, 1.807) is 22.0 Å².